The van der Waals surface area contributed by atoms with Crippen molar-refractivity contribution in [3.63, 3.8) is 0 Å². The number of hydrogen-bond acceptors (Lipinski definition) is 5. The first-order valence-corrected chi connectivity index (χ1v) is 9.04. The Bertz CT molecular complexity index is 738. The van der Waals surface area contributed by atoms with E-state index in [-0.39, 0.29) is 47.8 Å². The molecule has 0 radical (unpaired) electrons. The van der Waals surface area contributed by atoms with Crippen LogP contribution in [-0.4, -0.2) is 36.4 Å². The van der Waals surface area contributed by atoms with E-state index in [0.29, 0.717) is 6.54 Å². The van der Waals surface area contributed by atoms with E-state index in [9.17, 15) is 15.0 Å². The number of rotatable bonds is 7. The summed E-state index contributed by atoms with van der Waals surface area (Å²) in [5, 5.41) is 24.6. The molecule has 0 aromatic heterocycles. The van der Waals surface area contributed by atoms with Crippen molar-refractivity contribution in [3.8, 4) is 5.75 Å². The topological polar surface area (TPSA) is 81.6 Å². The van der Waals surface area contributed by atoms with E-state index < -0.39 is 12.1 Å². The Kier molecular flexibility index (Phi) is 8.80. The molecular formula is C21H24NNaO4. The summed E-state index contributed by atoms with van der Waals surface area (Å²) in [5.41, 5.74) is 2.48. The molecule has 27 heavy (non-hydrogen) atoms. The van der Waals surface area contributed by atoms with Crippen LogP contribution in [0.15, 0.2) is 48.5 Å². The summed E-state index contributed by atoms with van der Waals surface area (Å²) in [6.45, 7) is 0.669. The van der Waals surface area contributed by atoms with Crippen LogP contribution in [0.2, 0.25) is 0 Å². The zero-order valence-electron chi connectivity index (χ0n) is 15.7. The van der Waals surface area contributed by atoms with E-state index >= 15 is 0 Å². The third-order valence-corrected chi connectivity index (χ3v) is 4.73. The molecule has 138 valence electrons. The van der Waals surface area contributed by atoms with Crippen molar-refractivity contribution in [2.45, 2.75) is 37.8 Å². The van der Waals surface area contributed by atoms with Crippen LogP contribution in [-0.2, 0) is 12.8 Å². The summed E-state index contributed by atoms with van der Waals surface area (Å²) >= 11 is 0. The summed E-state index contributed by atoms with van der Waals surface area (Å²) in [6, 6.07) is 14.9. The quantitative estimate of drug-likeness (QED) is 0.446. The molecule has 1 unspecified atom stereocenters. The van der Waals surface area contributed by atoms with Gasteiger partial charge >= 0.3 is 29.6 Å². The number of carbonyl (C=O) groups is 1. The summed E-state index contributed by atoms with van der Waals surface area (Å²) in [6.07, 6.45) is 3.11. The second-order valence-electron chi connectivity index (χ2n) is 6.75. The van der Waals surface area contributed by atoms with Crippen molar-refractivity contribution in [2.24, 2.45) is 0 Å². The molecule has 0 bridgehead atoms. The molecule has 2 aromatic carbocycles. The van der Waals surface area contributed by atoms with Crippen LogP contribution >= 0.6 is 0 Å². The third kappa shape index (κ3) is 6.63. The first-order valence-electron chi connectivity index (χ1n) is 9.04. The van der Waals surface area contributed by atoms with E-state index in [0.717, 1.165) is 37.0 Å². The van der Waals surface area contributed by atoms with Crippen LogP contribution in [0.5, 0.6) is 5.75 Å². The van der Waals surface area contributed by atoms with Crippen molar-refractivity contribution in [1.29, 1.82) is 0 Å². The second kappa shape index (κ2) is 10.8. The molecule has 0 spiro atoms. The van der Waals surface area contributed by atoms with Gasteiger partial charge in [-0.1, -0.05) is 30.3 Å². The van der Waals surface area contributed by atoms with Gasteiger partial charge in [0.05, 0.1) is 5.97 Å². The van der Waals surface area contributed by atoms with E-state index in [1.807, 2.05) is 36.4 Å². The molecule has 6 heteroatoms. The Balaban J connectivity index is 0.00000261. The molecule has 0 aliphatic heterocycles. The Morgan fingerprint density at radius 3 is 2.74 bits per heavy atom. The van der Waals surface area contributed by atoms with E-state index in [4.69, 9.17) is 4.74 Å². The molecule has 3 rings (SSSR count). The number of aliphatic hydroxyl groups is 1. The minimum absolute atomic E-state index is 0. The monoisotopic (exact) mass is 377 g/mol. The Morgan fingerprint density at radius 2 is 2.00 bits per heavy atom. The van der Waals surface area contributed by atoms with Gasteiger partial charge in [0.2, 0.25) is 0 Å². The molecule has 2 atom stereocenters. The SMILES string of the molecule is O=C([O-])c1ccc2c(c1)CC(NC[C@H](O)COc1ccccc1)CCC2.[Na+]. The number of fused-ring (bicyclic) bond motifs is 1. The molecule has 1 aliphatic carbocycles. The number of nitrogens with one attached hydrogen (secondary N) is 1. The van der Waals surface area contributed by atoms with Gasteiger partial charge in [-0.05, 0) is 60.6 Å². The van der Waals surface area contributed by atoms with Gasteiger partial charge in [-0.3, -0.25) is 0 Å². The normalized spacial score (nSPS) is 17.1. The molecule has 0 amide bonds. The molecular weight excluding hydrogens is 353 g/mol. The van der Waals surface area contributed by atoms with Gasteiger partial charge in [0.15, 0.2) is 0 Å². The number of para-hydroxylation sites is 1. The molecule has 0 saturated heterocycles. The smallest absolute Gasteiger partial charge is 0.545 e. The van der Waals surface area contributed by atoms with Crippen LogP contribution in [0.25, 0.3) is 0 Å². The maximum Gasteiger partial charge on any atom is 1.00 e. The number of aryl methyl sites for hydroxylation is 1. The number of carboxylic acids is 1. The average Bonchev–Trinajstić information content (AvgIpc) is 2.86. The van der Waals surface area contributed by atoms with Gasteiger partial charge in [0.25, 0.3) is 0 Å². The van der Waals surface area contributed by atoms with Gasteiger partial charge in [0, 0.05) is 12.6 Å². The number of carboxylic acid groups (broad SMARTS) is 1. The van der Waals surface area contributed by atoms with Crippen molar-refractivity contribution >= 4 is 5.97 Å². The molecule has 0 heterocycles. The zero-order valence-corrected chi connectivity index (χ0v) is 17.7. The van der Waals surface area contributed by atoms with Gasteiger partial charge in [-0.25, -0.2) is 0 Å². The molecule has 5 nitrogen and oxygen atoms in total. The van der Waals surface area contributed by atoms with Crippen molar-refractivity contribution in [3.05, 3.63) is 65.2 Å². The fraction of sp³-hybridized carbons (Fsp3) is 0.381. The second-order valence-corrected chi connectivity index (χ2v) is 6.75. The summed E-state index contributed by atoms with van der Waals surface area (Å²) in [5.74, 6) is -0.403. The van der Waals surface area contributed by atoms with Crippen molar-refractivity contribution in [1.82, 2.24) is 5.32 Å². The van der Waals surface area contributed by atoms with Crippen LogP contribution < -0.4 is 44.7 Å². The van der Waals surface area contributed by atoms with Crippen molar-refractivity contribution in [2.75, 3.05) is 13.2 Å². The van der Waals surface area contributed by atoms with Crippen LogP contribution in [0.1, 0.15) is 34.3 Å². The number of aliphatic hydroxyl groups excluding tert-OH is 1. The predicted molar refractivity (Wildman–Crippen MR) is 97.1 cm³/mol. The molecule has 0 fully saturated rings. The number of carbonyl (C=O) groups excluding carboxylic acids is 1. The minimum Gasteiger partial charge on any atom is -0.545 e. The third-order valence-electron chi connectivity index (χ3n) is 4.73. The first-order chi connectivity index (χ1) is 12.6. The van der Waals surface area contributed by atoms with Gasteiger partial charge in [-0.2, -0.15) is 0 Å². The van der Waals surface area contributed by atoms with Gasteiger partial charge < -0.3 is 25.1 Å². The fourth-order valence-electron chi connectivity index (χ4n) is 3.34. The maximum atomic E-state index is 11.1. The zero-order chi connectivity index (χ0) is 18.4. The summed E-state index contributed by atoms with van der Waals surface area (Å²) in [4.78, 5) is 11.1. The molecule has 0 saturated carbocycles. The largest absolute Gasteiger partial charge is 1.00 e. The van der Waals surface area contributed by atoms with Gasteiger partial charge in [0.1, 0.15) is 18.5 Å². The predicted octanol–water partition coefficient (Wildman–Crippen LogP) is -1.67. The Morgan fingerprint density at radius 1 is 1.22 bits per heavy atom. The van der Waals surface area contributed by atoms with Crippen LogP contribution in [0.3, 0.4) is 0 Å². The minimum atomic E-state index is -1.14. The number of aromatic carboxylic acids is 1. The summed E-state index contributed by atoms with van der Waals surface area (Å²) in [7, 11) is 0. The van der Waals surface area contributed by atoms with Crippen LogP contribution in [0, 0.1) is 0 Å². The number of ether oxygens (including phenoxy) is 1. The Labute approximate surface area is 182 Å². The molecule has 2 N–H and O–H groups in total. The van der Waals surface area contributed by atoms with Crippen molar-refractivity contribution < 1.29 is 49.3 Å². The standard InChI is InChI=1S/C21H25NO4.Na/c23-19(14-26-20-7-2-1-3-8-20)13-22-18-6-4-5-15-9-10-16(21(24)25)11-17(15)12-18;/h1-3,7-11,18-19,22-23H,4-6,12-14H2,(H,24,25);/q;+1/p-1/t18?,19-;/m0./s1. The number of hydrogen-bond donors (Lipinski definition) is 2. The maximum absolute atomic E-state index is 11.1. The molecule has 1 aliphatic rings. The van der Waals surface area contributed by atoms with E-state index in [1.54, 1.807) is 12.1 Å². The van der Waals surface area contributed by atoms with E-state index in [2.05, 4.69) is 5.32 Å². The van der Waals surface area contributed by atoms with Gasteiger partial charge in [-0.15, -0.1) is 0 Å². The van der Waals surface area contributed by atoms with E-state index in [1.165, 1.54) is 5.56 Å². The first kappa shape index (κ1) is 21.9. The van der Waals surface area contributed by atoms with Crippen LogP contribution in [0.4, 0.5) is 0 Å². The summed E-state index contributed by atoms with van der Waals surface area (Å²) < 4.78 is 5.57. The number of benzene rings is 2. The molecule has 2 aromatic rings. The Hall–Kier alpha value is -1.37. The average molecular weight is 377 g/mol. The fourth-order valence-corrected chi connectivity index (χ4v) is 3.34.